The fourth-order valence-electron chi connectivity index (χ4n) is 3.38. The Balaban J connectivity index is 1.67. The first-order valence-corrected chi connectivity index (χ1v) is 7.81. The second kappa shape index (κ2) is 7.07. The zero-order valence-electron chi connectivity index (χ0n) is 12.3. The van der Waals surface area contributed by atoms with Crippen molar-refractivity contribution in [1.82, 2.24) is 10.2 Å². The first kappa shape index (κ1) is 15.3. The Bertz CT molecular complexity index is 353. The van der Waals surface area contributed by atoms with Crippen LogP contribution in [0.25, 0.3) is 0 Å². The Morgan fingerprint density at radius 1 is 1.20 bits per heavy atom. The molecule has 5 nitrogen and oxygen atoms in total. The van der Waals surface area contributed by atoms with Crippen LogP contribution < -0.4 is 5.32 Å². The summed E-state index contributed by atoms with van der Waals surface area (Å²) in [5.41, 5.74) is 0. The molecule has 2 unspecified atom stereocenters. The summed E-state index contributed by atoms with van der Waals surface area (Å²) in [4.78, 5) is 25.1. The molecular formula is C15H26N2O3. The minimum Gasteiger partial charge on any atom is -0.481 e. The van der Waals surface area contributed by atoms with Gasteiger partial charge in [-0.25, -0.2) is 0 Å². The van der Waals surface area contributed by atoms with E-state index in [1.54, 1.807) is 0 Å². The van der Waals surface area contributed by atoms with Crippen molar-refractivity contribution in [2.75, 3.05) is 19.6 Å². The summed E-state index contributed by atoms with van der Waals surface area (Å²) in [6.07, 6.45) is 6.41. The van der Waals surface area contributed by atoms with Crippen molar-refractivity contribution in [1.29, 1.82) is 0 Å². The van der Waals surface area contributed by atoms with Crippen molar-refractivity contribution >= 4 is 11.9 Å². The number of rotatable bonds is 5. The van der Waals surface area contributed by atoms with Gasteiger partial charge in [-0.1, -0.05) is 26.2 Å². The second-order valence-electron chi connectivity index (χ2n) is 6.33. The van der Waals surface area contributed by atoms with E-state index in [9.17, 15) is 9.59 Å². The van der Waals surface area contributed by atoms with Crippen molar-refractivity contribution in [3.05, 3.63) is 0 Å². The van der Waals surface area contributed by atoms with E-state index in [-0.39, 0.29) is 17.7 Å². The van der Waals surface area contributed by atoms with Crippen LogP contribution in [0.5, 0.6) is 0 Å². The Kier molecular flexibility index (Phi) is 5.40. The smallest absolute Gasteiger partial charge is 0.308 e. The maximum atomic E-state index is 11.9. The third-order valence-electron chi connectivity index (χ3n) is 4.63. The van der Waals surface area contributed by atoms with Crippen LogP contribution >= 0.6 is 0 Å². The number of carbonyl (C=O) groups excluding carboxylic acids is 1. The van der Waals surface area contributed by atoms with E-state index in [1.165, 1.54) is 19.3 Å². The fourth-order valence-corrected chi connectivity index (χ4v) is 3.38. The molecule has 1 aliphatic heterocycles. The number of carbonyl (C=O) groups is 2. The first-order valence-electron chi connectivity index (χ1n) is 7.81. The van der Waals surface area contributed by atoms with E-state index in [0.717, 1.165) is 19.4 Å². The van der Waals surface area contributed by atoms with E-state index >= 15 is 0 Å². The summed E-state index contributed by atoms with van der Waals surface area (Å²) < 4.78 is 0. The summed E-state index contributed by atoms with van der Waals surface area (Å²) in [6, 6.07) is 0.362. The lowest BCUT2D eigenvalue weighted by Crippen LogP contribution is -2.38. The van der Waals surface area contributed by atoms with Gasteiger partial charge in [0.1, 0.15) is 0 Å². The summed E-state index contributed by atoms with van der Waals surface area (Å²) >= 11 is 0. The predicted molar refractivity (Wildman–Crippen MR) is 76.4 cm³/mol. The number of carboxylic acid groups (broad SMARTS) is 1. The normalized spacial score (nSPS) is 28.4. The number of amides is 1. The number of nitrogens with one attached hydrogen (secondary N) is 1. The van der Waals surface area contributed by atoms with Crippen molar-refractivity contribution in [3.8, 4) is 0 Å². The molecule has 1 heterocycles. The molecule has 0 spiro atoms. The van der Waals surface area contributed by atoms with Crippen LogP contribution in [0, 0.1) is 11.8 Å². The number of carboxylic acids is 1. The highest BCUT2D eigenvalue weighted by atomic mass is 16.4. The summed E-state index contributed by atoms with van der Waals surface area (Å²) in [5, 5.41) is 12.2. The van der Waals surface area contributed by atoms with Gasteiger partial charge < -0.3 is 15.3 Å². The highest BCUT2D eigenvalue weighted by molar-refractivity contribution is 5.76. The molecule has 2 aliphatic rings. The molecular weight excluding hydrogens is 256 g/mol. The molecule has 1 amide bonds. The molecule has 0 bridgehead atoms. The van der Waals surface area contributed by atoms with Gasteiger partial charge in [0.05, 0.1) is 5.92 Å². The lowest BCUT2D eigenvalue weighted by molar-refractivity contribution is -0.142. The Labute approximate surface area is 120 Å². The highest BCUT2D eigenvalue weighted by Gasteiger charge is 2.34. The molecule has 114 valence electrons. The van der Waals surface area contributed by atoms with Gasteiger partial charge in [-0.3, -0.25) is 9.59 Å². The summed E-state index contributed by atoms with van der Waals surface area (Å²) in [7, 11) is 0. The number of aliphatic carboxylic acids is 1. The quantitative estimate of drug-likeness (QED) is 0.801. The summed E-state index contributed by atoms with van der Waals surface area (Å²) in [5.74, 6) is -0.708. The number of likely N-dealkylation sites (tertiary alicyclic amines) is 1. The molecule has 5 heteroatoms. The molecule has 1 aliphatic carbocycles. The van der Waals surface area contributed by atoms with Gasteiger partial charge in [-0.15, -0.1) is 0 Å². The van der Waals surface area contributed by atoms with Crippen molar-refractivity contribution < 1.29 is 14.7 Å². The number of hydrogen-bond acceptors (Lipinski definition) is 3. The Hall–Kier alpha value is -1.10. The fraction of sp³-hybridized carbons (Fsp3) is 0.867. The van der Waals surface area contributed by atoms with Gasteiger partial charge in [0.25, 0.3) is 0 Å². The molecule has 2 N–H and O–H groups in total. The molecule has 2 rings (SSSR count). The molecule has 2 atom stereocenters. The monoisotopic (exact) mass is 282 g/mol. The number of nitrogens with zero attached hydrogens (tertiary/aromatic N) is 1. The lowest BCUT2D eigenvalue weighted by Gasteiger charge is -2.23. The maximum absolute atomic E-state index is 11.9. The predicted octanol–water partition coefficient (Wildman–Crippen LogP) is 1.48. The standard InChI is InChI=1S/C15H26N2O3/c1-11-9-17(10-13(11)15(19)20)8-7-14(18)16-12-5-3-2-4-6-12/h11-13H,2-10H2,1H3,(H,16,18)(H,19,20). The average molecular weight is 282 g/mol. The van der Waals surface area contributed by atoms with Crippen LogP contribution in [-0.4, -0.2) is 47.6 Å². The molecule has 0 aromatic heterocycles. The van der Waals surface area contributed by atoms with E-state index in [2.05, 4.69) is 10.2 Å². The Morgan fingerprint density at radius 2 is 1.90 bits per heavy atom. The van der Waals surface area contributed by atoms with Crippen LogP contribution in [0.1, 0.15) is 45.4 Å². The largest absolute Gasteiger partial charge is 0.481 e. The van der Waals surface area contributed by atoms with Gasteiger partial charge >= 0.3 is 5.97 Å². The zero-order valence-corrected chi connectivity index (χ0v) is 12.3. The molecule has 1 saturated carbocycles. The minimum atomic E-state index is -0.716. The van der Waals surface area contributed by atoms with E-state index in [0.29, 0.717) is 25.6 Å². The number of hydrogen-bond donors (Lipinski definition) is 2. The van der Waals surface area contributed by atoms with E-state index in [4.69, 9.17) is 5.11 Å². The van der Waals surface area contributed by atoms with Gasteiger partial charge in [0.2, 0.25) is 5.91 Å². The Morgan fingerprint density at radius 3 is 2.50 bits per heavy atom. The topological polar surface area (TPSA) is 69.6 Å². The van der Waals surface area contributed by atoms with Crippen LogP contribution in [-0.2, 0) is 9.59 Å². The second-order valence-corrected chi connectivity index (χ2v) is 6.33. The van der Waals surface area contributed by atoms with Crippen LogP contribution in [0.4, 0.5) is 0 Å². The maximum Gasteiger partial charge on any atom is 0.308 e. The summed E-state index contributed by atoms with van der Waals surface area (Å²) in [6.45, 7) is 4.01. The molecule has 0 radical (unpaired) electrons. The van der Waals surface area contributed by atoms with Crippen molar-refractivity contribution in [3.63, 3.8) is 0 Å². The molecule has 0 aromatic rings. The third-order valence-corrected chi connectivity index (χ3v) is 4.63. The minimum absolute atomic E-state index is 0.114. The lowest BCUT2D eigenvalue weighted by atomic mass is 9.95. The zero-order chi connectivity index (χ0) is 14.5. The van der Waals surface area contributed by atoms with Crippen LogP contribution in [0.15, 0.2) is 0 Å². The first-order chi connectivity index (χ1) is 9.56. The molecule has 0 aromatic carbocycles. The highest BCUT2D eigenvalue weighted by Crippen LogP contribution is 2.23. The third kappa shape index (κ3) is 4.20. The van der Waals surface area contributed by atoms with E-state index in [1.807, 2.05) is 6.92 Å². The van der Waals surface area contributed by atoms with Crippen molar-refractivity contribution in [2.24, 2.45) is 11.8 Å². The van der Waals surface area contributed by atoms with Crippen LogP contribution in [0.3, 0.4) is 0 Å². The van der Waals surface area contributed by atoms with E-state index < -0.39 is 5.97 Å². The van der Waals surface area contributed by atoms with Crippen molar-refractivity contribution in [2.45, 2.75) is 51.5 Å². The van der Waals surface area contributed by atoms with Gasteiger partial charge in [0, 0.05) is 32.1 Å². The van der Waals surface area contributed by atoms with Gasteiger partial charge in [-0.2, -0.15) is 0 Å². The molecule has 1 saturated heterocycles. The SMILES string of the molecule is CC1CN(CCC(=O)NC2CCCCC2)CC1C(=O)O. The van der Waals surface area contributed by atoms with Gasteiger partial charge in [0.15, 0.2) is 0 Å². The van der Waals surface area contributed by atoms with Crippen LogP contribution in [0.2, 0.25) is 0 Å². The molecule has 20 heavy (non-hydrogen) atoms. The van der Waals surface area contributed by atoms with Gasteiger partial charge in [-0.05, 0) is 18.8 Å². The molecule has 2 fully saturated rings. The average Bonchev–Trinajstić information content (AvgIpc) is 2.79.